The molecule has 0 bridgehead atoms. The number of hydrogen-bond donors (Lipinski definition) is 1. The fraction of sp³-hybridized carbons (Fsp3) is 0.200. The van der Waals surface area contributed by atoms with E-state index in [-0.39, 0.29) is 17.8 Å². The van der Waals surface area contributed by atoms with Crippen molar-refractivity contribution in [1.29, 1.82) is 0 Å². The van der Waals surface area contributed by atoms with Gasteiger partial charge in [0.15, 0.2) is 0 Å². The molecular weight excluding hydrogens is 421 g/mol. The zero-order valence-corrected chi connectivity index (χ0v) is 17.9. The number of imidazole rings is 1. The van der Waals surface area contributed by atoms with Gasteiger partial charge in [0.25, 0.3) is 11.5 Å². The summed E-state index contributed by atoms with van der Waals surface area (Å²) in [5, 5.41) is 7.10. The number of benzene rings is 2. The third-order valence-electron chi connectivity index (χ3n) is 5.68. The quantitative estimate of drug-likeness (QED) is 0.508. The summed E-state index contributed by atoms with van der Waals surface area (Å²) in [7, 11) is 0. The summed E-state index contributed by atoms with van der Waals surface area (Å²) in [6, 6.07) is 16.1. The first-order chi connectivity index (χ1) is 16.1. The number of para-hydroxylation sites is 1. The zero-order valence-electron chi connectivity index (χ0n) is 17.9. The van der Waals surface area contributed by atoms with Gasteiger partial charge in [-0.1, -0.05) is 30.3 Å². The van der Waals surface area contributed by atoms with Crippen LogP contribution in [0.1, 0.15) is 34.7 Å². The minimum atomic E-state index is -0.445. The molecule has 5 rings (SSSR count). The van der Waals surface area contributed by atoms with Crippen molar-refractivity contribution in [3.8, 4) is 11.3 Å². The molecule has 4 aromatic rings. The second kappa shape index (κ2) is 8.82. The van der Waals surface area contributed by atoms with Crippen LogP contribution in [0.15, 0.2) is 71.7 Å². The van der Waals surface area contributed by atoms with Gasteiger partial charge < -0.3 is 9.88 Å². The number of hydrogen-bond acceptors (Lipinski definition) is 4. The monoisotopic (exact) mass is 443 g/mol. The standard InChI is InChI=1S/C25H22FN5O2/c26-18-7-5-6-17(14-18)15-31-24(32)12-11-21(29-31)25(33)28-20-9-2-1-8-19(20)22-16-30-13-4-3-10-23(30)27-22/h1-2,5-9,11-12,14,16H,3-4,10,13,15H2,(H,28,33). The van der Waals surface area contributed by atoms with E-state index >= 15 is 0 Å². The van der Waals surface area contributed by atoms with E-state index in [1.54, 1.807) is 12.1 Å². The van der Waals surface area contributed by atoms with Gasteiger partial charge in [-0.15, -0.1) is 0 Å². The molecule has 1 aliphatic heterocycles. The van der Waals surface area contributed by atoms with Gasteiger partial charge in [-0.2, -0.15) is 5.10 Å². The van der Waals surface area contributed by atoms with Crippen LogP contribution in [-0.4, -0.2) is 25.2 Å². The molecule has 2 aromatic carbocycles. The molecule has 1 N–H and O–H groups in total. The van der Waals surface area contributed by atoms with Crippen molar-refractivity contribution in [3.05, 3.63) is 100 Å². The number of rotatable bonds is 5. The van der Waals surface area contributed by atoms with Crippen molar-refractivity contribution in [2.75, 3.05) is 5.32 Å². The van der Waals surface area contributed by atoms with Crippen molar-refractivity contribution in [1.82, 2.24) is 19.3 Å². The molecule has 0 aliphatic carbocycles. The Bertz CT molecular complexity index is 1370. The van der Waals surface area contributed by atoms with Crippen LogP contribution >= 0.6 is 0 Å². The molecule has 33 heavy (non-hydrogen) atoms. The number of fused-ring (bicyclic) bond motifs is 1. The highest BCUT2D eigenvalue weighted by molar-refractivity contribution is 6.04. The third kappa shape index (κ3) is 4.45. The van der Waals surface area contributed by atoms with Gasteiger partial charge >= 0.3 is 0 Å². The van der Waals surface area contributed by atoms with Crippen molar-refractivity contribution in [3.63, 3.8) is 0 Å². The molecule has 0 saturated carbocycles. The molecule has 0 fully saturated rings. The summed E-state index contributed by atoms with van der Waals surface area (Å²) in [6.45, 7) is 1.02. The number of halogens is 1. The molecule has 7 nitrogen and oxygen atoms in total. The van der Waals surface area contributed by atoms with Crippen LogP contribution in [0, 0.1) is 5.82 Å². The molecule has 2 aromatic heterocycles. The number of aromatic nitrogens is 4. The Hall–Kier alpha value is -4.07. The molecule has 0 atom stereocenters. The first-order valence-electron chi connectivity index (χ1n) is 10.9. The summed E-state index contributed by atoms with van der Waals surface area (Å²) in [4.78, 5) is 30.0. The fourth-order valence-corrected chi connectivity index (χ4v) is 4.04. The van der Waals surface area contributed by atoms with Crippen molar-refractivity contribution >= 4 is 11.6 Å². The van der Waals surface area contributed by atoms with Gasteiger partial charge in [-0.25, -0.2) is 14.1 Å². The summed E-state index contributed by atoms with van der Waals surface area (Å²) >= 11 is 0. The van der Waals surface area contributed by atoms with E-state index in [1.807, 2.05) is 30.5 Å². The third-order valence-corrected chi connectivity index (χ3v) is 5.68. The number of amides is 1. The highest BCUT2D eigenvalue weighted by Gasteiger charge is 2.17. The van der Waals surface area contributed by atoms with Gasteiger partial charge in [0, 0.05) is 30.8 Å². The number of aryl methyl sites for hydroxylation is 2. The summed E-state index contributed by atoms with van der Waals surface area (Å²) in [6.07, 6.45) is 5.24. The number of nitrogens with zero attached hydrogens (tertiary/aromatic N) is 4. The van der Waals surface area contributed by atoms with Crippen molar-refractivity contribution in [2.24, 2.45) is 0 Å². The molecule has 0 spiro atoms. The van der Waals surface area contributed by atoms with Gasteiger partial charge in [0.05, 0.1) is 17.9 Å². The maximum atomic E-state index is 13.5. The lowest BCUT2D eigenvalue weighted by molar-refractivity contribution is 0.102. The molecule has 1 amide bonds. The lowest BCUT2D eigenvalue weighted by Gasteiger charge is -2.11. The predicted molar refractivity (Wildman–Crippen MR) is 123 cm³/mol. The van der Waals surface area contributed by atoms with E-state index in [1.165, 1.54) is 24.3 Å². The number of carbonyl (C=O) groups excluding carboxylic acids is 1. The lowest BCUT2D eigenvalue weighted by Crippen LogP contribution is -2.26. The number of nitrogens with one attached hydrogen (secondary N) is 1. The van der Waals surface area contributed by atoms with E-state index in [0.717, 1.165) is 47.6 Å². The van der Waals surface area contributed by atoms with Crippen molar-refractivity contribution in [2.45, 2.75) is 32.4 Å². The highest BCUT2D eigenvalue weighted by Crippen LogP contribution is 2.29. The van der Waals surface area contributed by atoms with Gasteiger partial charge in [0.1, 0.15) is 17.3 Å². The second-order valence-electron chi connectivity index (χ2n) is 8.04. The minimum Gasteiger partial charge on any atom is -0.334 e. The lowest BCUT2D eigenvalue weighted by atomic mass is 10.1. The van der Waals surface area contributed by atoms with E-state index < -0.39 is 11.7 Å². The van der Waals surface area contributed by atoms with Gasteiger partial charge in [-0.3, -0.25) is 9.59 Å². The highest BCUT2D eigenvalue weighted by atomic mass is 19.1. The first kappa shape index (κ1) is 20.8. The molecule has 166 valence electrons. The predicted octanol–water partition coefficient (Wildman–Crippen LogP) is 3.88. The van der Waals surface area contributed by atoms with Gasteiger partial charge in [-0.05, 0) is 42.7 Å². The summed E-state index contributed by atoms with van der Waals surface area (Å²) < 4.78 is 16.8. The molecule has 1 aliphatic rings. The van der Waals surface area contributed by atoms with E-state index in [4.69, 9.17) is 4.98 Å². The number of carbonyl (C=O) groups is 1. The fourth-order valence-electron chi connectivity index (χ4n) is 4.04. The number of anilines is 1. The summed E-state index contributed by atoms with van der Waals surface area (Å²) in [5.41, 5.74) is 2.54. The van der Waals surface area contributed by atoms with E-state index in [9.17, 15) is 14.0 Å². The van der Waals surface area contributed by atoms with Crippen LogP contribution in [0.2, 0.25) is 0 Å². The SMILES string of the molecule is O=C(Nc1ccccc1-c1cn2c(n1)CCCC2)c1ccc(=O)n(Cc2cccc(F)c2)n1. The van der Waals surface area contributed by atoms with Crippen LogP contribution in [0.25, 0.3) is 11.3 Å². The Kier molecular flexibility index (Phi) is 5.56. The van der Waals surface area contributed by atoms with Crippen LogP contribution in [0.3, 0.4) is 0 Å². The Balaban J connectivity index is 1.40. The molecule has 0 radical (unpaired) electrons. The molecule has 8 heteroatoms. The molecule has 0 saturated heterocycles. The van der Waals surface area contributed by atoms with Crippen LogP contribution < -0.4 is 10.9 Å². The molecule has 0 unspecified atom stereocenters. The minimum absolute atomic E-state index is 0.0640. The first-order valence-corrected chi connectivity index (χ1v) is 10.9. The Morgan fingerprint density at radius 3 is 2.79 bits per heavy atom. The Morgan fingerprint density at radius 2 is 1.94 bits per heavy atom. The largest absolute Gasteiger partial charge is 0.334 e. The van der Waals surface area contributed by atoms with Crippen molar-refractivity contribution < 1.29 is 9.18 Å². The van der Waals surface area contributed by atoms with E-state index in [0.29, 0.717) is 11.3 Å². The maximum Gasteiger partial charge on any atom is 0.276 e. The maximum absolute atomic E-state index is 13.5. The average Bonchev–Trinajstić information content (AvgIpc) is 3.25. The second-order valence-corrected chi connectivity index (χ2v) is 8.04. The van der Waals surface area contributed by atoms with Gasteiger partial charge in [0.2, 0.25) is 0 Å². The average molecular weight is 443 g/mol. The van der Waals surface area contributed by atoms with E-state index in [2.05, 4.69) is 15.0 Å². The van der Waals surface area contributed by atoms with Crippen LogP contribution in [0.4, 0.5) is 10.1 Å². The van der Waals surface area contributed by atoms with Crippen LogP contribution in [-0.2, 0) is 19.5 Å². The zero-order chi connectivity index (χ0) is 22.8. The smallest absolute Gasteiger partial charge is 0.276 e. The normalized spacial score (nSPS) is 12.9. The topological polar surface area (TPSA) is 81.8 Å². The Labute approximate surface area is 189 Å². The van der Waals surface area contributed by atoms with Crippen LogP contribution in [0.5, 0.6) is 0 Å². The molecular formula is C25H22FN5O2. The Morgan fingerprint density at radius 1 is 1.06 bits per heavy atom. The molecule has 3 heterocycles. The summed E-state index contributed by atoms with van der Waals surface area (Å²) in [5.74, 6) is 0.218.